The molecule has 0 aliphatic rings. The van der Waals surface area contributed by atoms with Crippen LogP contribution in [0.25, 0.3) is 0 Å². The predicted octanol–water partition coefficient (Wildman–Crippen LogP) is 2.53. The lowest BCUT2D eigenvalue weighted by Crippen LogP contribution is -2.02. The van der Waals surface area contributed by atoms with E-state index in [1.165, 1.54) is 5.82 Å². The number of unbranched alkanes of at least 4 members (excludes halogenated alkanes) is 2. The van der Waals surface area contributed by atoms with Gasteiger partial charge in [0, 0.05) is 31.8 Å². The second-order valence-corrected chi connectivity index (χ2v) is 3.40. The fraction of sp³-hybridized carbons (Fsp3) is 0.636. The summed E-state index contributed by atoms with van der Waals surface area (Å²) in [5, 5.41) is 8.39. The van der Waals surface area contributed by atoms with Gasteiger partial charge in [0.1, 0.15) is 5.82 Å². The fourth-order valence-corrected chi connectivity index (χ4v) is 1.48. The molecule has 0 spiro atoms. The predicted molar refractivity (Wildman–Crippen MR) is 55.7 cm³/mol. The molecular weight excluding hydrogens is 174 g/mol. The lowest BCUT2D eigenvalue weighted by molar-refractivity contribution is 0.586. The van der Waals surface area contributed by atoms with Crippen molar-refractivity contribution < 1.29 is 0 Å². The summed E-state index contributed by atoms with van der Waals surface area (Å²) in [6, 6.07) is 2.16. The van der Waals surface area contributed by atoms with Crippen molar-refractivity contribution in [1.29, 1.82) is 5.26 Å². The van der Waals surface area contributed by atoms with Crippen LogP contribution in [0.4, 0.5) is 0 Å². The Hall–Kier alpha value is -1.30. The van der Waals surface area contributed by atoms with E-state index in [2.05, 4.69) is 22.5 Å². The van der Waals surface area contributed by atoms with E-state index in [0.29, 0.717) is 6.42 Å². The smallest absolute Gasteiger partial charge is 0.108 e. The average molecular weight is 191 g/mol. The molecule has 0 aliphatic heterocycles. The van der Waals surface area contributed by atoms with Crippen molar-refractivity contribution in [2.75, 3.05) is 0 Å². The molecule has 0 radical (unpaired) electrons. The van der Waals surface area contributed by atoms with E-state index in [9.17, 15) is 0 Å². The Bertz CT molecular complexity index is 296. The first-order valence-corrected chi connectivity index (χ1v) is 5.25. The quantitative estimate of drug-likeness (QED) is 0.648. The standard InChI is InChI=1S/C11H17N3/c1-2-6-11-13-8-10-14(11)9-5-3-4-7-12/h8,10H,2-6,9H2,1H3. The van der Waals surface area contributed by atoms with Crippen molar-refractivity contribution in [3.63, 3.8) is 0 Å². The van der Waals surface area contributed by atoms with Crippen LogP contribution in [0.5, 0.6) is 0 Å². The number of nitrogens with zero attached hydrogens (tertiary/aromatic N) is 3. The molecule has 0 fully saturated rings. The Kier molecular flexibility index (Phi) is 4.77. The molecule has 0 saturated heterocycles. The van der Waals surface area contributed by atoms with E-state index in [-0.39, 0.29) is 0 Å². The highest BCUT2D eigenvalue weighted by Crippen LogP contribution is 2.04. The first-order valence-electron chi connectivity index (χ1n) is 5.25. The van der Waals surface area contributed by atoms with Crippen LogP contribution < -0.4 is 0 Å². The lowest BCUT2D eigenvalue weighted by Gasteiger charge is -2.05. The van der Waals surface area contributed by atoms with Gasteiger partial charge in [-0.3, -0.25) is 0 Å². The summed E-state index contributed by atoms with van der Waals surface area (Å²) in [6.07, 6.45) is 8.78. The van der Waals surface area contributed by atoms with Crippen LogP contribution in [-0.2, 0) is 13.0 Å². The van der Waals surface area contributed by atoms with Gasteiger partial charge in [-0.05, 0) is 19.3 Å². The summed E-state index contributed by atoms with van der Waals surface area (Å²) < 4.78 is 2.20. The lowest BCUT2D eigenvalue weighted by atomic mass is 10.2. The van der Waals surface area contributed by atoms with E-state index in [0.717, 1.165) is 32.2 Å². The molecule has 1 aromatic heterocycles. The fourth-order valence-electron chi connectivity index (χ4n) is 1.48. The highest BCUT2D eigenvalue weighted by atomic mass is 15.1. The molecule has 0 N–H and O–H groups in total. The van der Waals surface area contributed by atoms with Crippen LogP contribution in [0.2, 0.25) is 0 Å². The first-order chi connectivity index (χ1) is 6.88. The molecule has 0 unspecified atom stereocenters. The molecular formula is C11H17N3. The molecule has 0 aliphatic carbocycles. The van der Waals surface area contributed by atoms with E-state index in [1.807, 2.05) is 12.4 Å². The van der Waals surface area contributed by atoms with Gasteiger partial charge in [0.2, 0.25) is 0 Å². The van der Waals surface area contributed by atoms with Crippen molar-refractivity contribution in [2.24, 2.45) is 0 Å². The van der Waals surface area contributed by atoms with Gasteiger partial charge < -0.3 is 4.57 Å². The molecule has 0 amide bonds. The van der Waals surface area contributed by atoms with Gasteiger partial charge in [-0.15, -0.1) is 0 Å². The maximum atomic E-state index is 8.39. The Balaban J connectivity index is 2.34. The summed E-state index contributed by atoms with van der Waals surface area (Å²) in [4.78, 5) is 4.30. The van der Waals surface area contributed by atoms with Crippen LogP contribution in [-0.4, -0.2) is 9.55 Å². The highest BCUT2D eigenvalue weighted by molar-refractivity contribution is 4.92. The van der Waals surface area contributed by atoms with Gasteiger partial charge in [-0.2, -0.15) is 5.26 Å². The number of hydrogen-bond acceptors (Lipinski definition) is 2. The van der Waals surface area contributed by atoms with Crippen LogP contribution in [0, 0.1) is 11.3 Å². The average Bonchev–Trinajstić information content (AvgIpc) is 2.61. The SMILES string of the molecule is CCCc1nccn1CCCCC#N. The normalized spacial score (nSPS) is 10.0. The number of aromatic nitrogens is 2. The number of aryl methyl sites for hydroxylation is 2. The summed E-state index contributed by atoms with van der Waals surface area (Å²) in [5.74, 6) is 1.17. The zero-order valence-corrected chi connectivity index (χ0v) is 8.74. The number of rotatable bonds is 6. The van der Waals surface area contributed by atoms with E-state index >= 15 is 0 Å². The van der Waals surface area contributed by atoms with Crippen molar-refractivity contribution in [1.82, 2.24) is 9.55 Å². The second-order valence-electron chi connectivity index (χ2n) is 3.40. The van der Waals surface area contributed by atoms with E-state index < -0.39 is 0 Å². The van der Waals surface area contributed by atoms with Crippen molar-refractivity contribution >= 4 is 0 Å². The Labute approximate surface area is 85.4 Å². The molecule has 1 heterocycles. The van der Waals surface area contributed by atoms with Crippen molar-refractivity contribution in [3.05, 3.63) is 18.2 Å². The maximum Gasteiger partial charge on any atom is 0.108 e. The number of hydrogen-bond donors (Lipinski definition) is 0. The zero-order chi connectivity index (χ0) is 10.2. The Morgan fingerprint density at radius 2 is 2.36 bits per heavy atom. The Morgan fingerprint density at radius 3 is 3.07 bits per heavy atom. The summed E-state index contributed by atoms with van der Waals surface area (Å²) in [7, 11) is 0. The molecule has 76 valence electrons. The van der Waals surface area contributed by atoms with Crippen LogP contribution >= 0.6 is 0 Å². The third-order valence-corrected chi connectivity index (χ3v) is 2.21. The molecule has 1 aromatic rings. The van der Waals surface area contributed by atoms with E-state index in [4.69, 9.17) is 5.26 Å². The monoisotopic (exact) mass is 191 g/mol. The molecule has 1 rings (SSSR count). The molecule has 0 aromatic carbocycles. The summed E-state index contributed by atoms with van der Waals surface area (Å²) >= 11 is 0. The Morgan fingerprint density at radius 1 is 1.50 bits per heavy atom. The van der Waals surface area contributed by atoms with Gasteiger partial charge >= 0.3 is 0 Å². The maximum absolute atomic E-state index is 8.39. The van der Waals surface area contributed by atoms with Crippen LogP contribution in [0.3, 0.4) is 0 Å². The number of imidazole rings is 1. The summed E-state index contributed by atoms with van der Waals surface area (Å²) in [6.45, 7) is 3.16. The van der Waals surface area contributed by atoms with Crippen molar-refractivity contribution in [2.45, 2.75) is 45.6 Å². The minimum atomic E-state index is 0.664. The first kappa shape index (κ1) is 10.8. The van der Waals surface area contributed by atoms with Gasteiger partial charge in [0.05, 0.1) is 6.07 Å². The van der Waals surface area contributed by atoms with Crippen LogP contribution in [0.1, 0.15) is 38.4 Å². The van der Waals surface area contributed by atoms with E-state index in [1.54, 1.807) is 0 Å². The number of nitriles is 1. The highest BCUT2D eigenvalue weighted by Gasteiger charge is 2.00. The second kappa shape index (κ2) is 6.20. The minimum Gasteiger partial charge on any atom is -0.335 e. The van der Waals surface area contributed by atoms with Gasteiger partial charge in [-0.25, -0.2) is 4.98 Å². The third-order valence-electron chi connectivity index (χ3n) is 2.21. The molecule has 14 heavy (non-hydrogen) atoms. The molecule has 3 nitrogen and oxygen atoms in total. The van der Waals surface area contributed by atoms with Gasteiger partial charge in [-0.1, -0.05) is 6.92 Å². The minimum absolute atomic E-state index is 0.664. The zero-order valence-electron chi connectivity index (χ0n) is 8.74. The topological polar surface area (TPSA) is 41.6 Å². The van der Waals surface area contributed by atoms with Crippen molar-refractivity contribution in [3.8, 4) is 6.07 Å². The third kappa shape index (κ3) is 3.21. The van der Waals surface area contributed by atoms with Crippen LogP contribution in [0.15, 0.2) is 12.4 Å². The summed E-state index contributed by atoms with van der Waals surface area (Å²) in [5.41, 5.74) is 0. The molecule has 0 atom stereocenters. The van der Waals surface area contributed by atoms with Gasteiger partial charge in [0.25, 0.3) is 0 Å². The largest absolute Gasteiger partial charge is 0.335 e. The molecule has 0 bridgehead atoms. The molecule has 3 heteroatoms. The molecule has 0 saturated carbocycles. The van der Waals surface area contributed by atoms with Gasteiger partial charge in [0.15, 0.2) is 0 Å².